The number of nitrogens with one attached hydrogen (secondary N) is 1. The normalized spacial score (nSPS) is 31.0. The van der Waals surface area contributed by atoms with Crippen LogP contribution >= 0.6 is 12.4 Å². The minimum absolute atomic E-state index is 0. The maximum Gasteiger partial charge on any atom is 0.236 e. The Morgan fingerprint density at radius 3 is 2.83 bits per heavy atom. The Labute approximate surface area is 150 Å². The lowest BCUT2D eigenvalue weighted by atomic mass is 10.0. The fourth-order valence-corrected chi connectivity index (χ4v) is 3.98. The van der Waals surface area contributed by atoms with Gasteiger partial charge in [0.1, 0.15) is 0 Å². The van der Waals surface area contributed by atoms with Gasteiger partial charge in [-0.2, -0.15) is 0 Å². The van der Waals surface area contributed by atoms with Crippen molar-refractivity contribution in [1.82, 2.24) is 15.1 Å². The van der Waals surface area contributed by atoms with Crippen LogP contribution in [0.1, 0.15) is 45.4 Å². The quantitative estimate of drug-likeness (QED) is 0.818. The van der Waals surface area contributed by atoms with Gasteiger partial charge in [0.15, 0.2) is 0 Å². The zero-order valence-electron chi connectivity index (χ0n) is 14.5. The van der Waals surface area contributed by atoms with Gasteiger partial charge in [0.05, 0.1) is 18.8 Å². The van der Waals surface area contributed by atoms with Crippen LogP contribution in [0.2, 0.25) is 0 Å². The van der Waals surface area contributed by atoms with Crippen LogP contribution in [0.4, 0.5) is 0 Å². The maximum atomic E-state index is 12.5. The summed E-state index contributed by atoms with van der Waals surface area (Å²) in [5.41, 5.74) is 0. The molecule has 3 unspecified atom stereocenters. The SMILES string of the molecule is CC1CCC(CCC(=O)N2CCCC(N3CCNCC3=O)C2)O1.Cl. The molecule has 3 rings (SSSR count). The number of likely N-dealkylation sites (tertiary alicyclic amines) is 1. The molecule has 3 saturated heterocycles. The lowest BCUT2D eigenvalue weighted by molar-refractivity contribution is -0.140. The fourth-order valence-electron chi connectivity index (χ4n) is 3.98. The van der Waals surface area contributed by atoms with E-state index in [0.717, 1.165) is 51.7 Å². The summed E-state index contributed by atoms with van der Waals surface area (Å²) in [5.74, 6) is 0.393. The molecule has 0 aliphatic carbocycles. The van der Waals surface area contributed by atoms with Crippen molar-refractivity contribution >= 4 is 24.2 Å². The Bertz CT molecular complexity index is 449. The largest absolute Gasteiger partial charge is 0.375 e. The predicted molar refractivity (Wildman–Crippen MR) is 94.2 cm³/mol. The second kappa shape index (κ2) is 9.02. The average Bonchev–Trinajstić information content (AvgIpc) is 2.98. The number of ether oxygens (including phenoxy) is 1. The third-order valence-electron chi connectivity index (χ3n) is 5.32. The van der Waals surface area contributed by atoms with Crippen LogP contribution in [0.3, 0.4) is 0 Å². The van der Waals surface area contributed by atoms with Crippen molar-refractivity contribution in [3.05, 3.63) is 0 Å². The molecular weight excluding hydrogens is 330 g/mol. The van der Waals surface area contributed by atoms with Gasteiger partial charge >= 0.3 is 0 Å². The Morgan fingerprint density at radius 2 is 2.12 bits per heavy atom. The number of halogens is 1. The zero-order valence-corrected chi connectivity index (χ0v) is 15.4. The van der Waals surface area contributed by atoms with Crippen LogP contribution in [0.5, 0.6) is 0 Å². The molecule has 3 heterocycles. The number of hydrogen-bond donors (Lipinski definition) is 1. The predicted octanol–water partition coefficient (Wildman–Crippen LogP) is 1.18. The lowest BCUT2D eigenvalue weighted by Gasteiger charge is -2.41. The molecule has 0 spiro atoms. The van der Waals surface area contributed by atoms with Gasteiger partial charge < -0.3 is 19.9 Å². The summed E-state index contributed by atoms with van der Waals surface area (Å²) < 4.78 is 5.80. The van der Waals surface area contributed by atoms with Crippen LogP contribution in [0, 0.1) is 0 Å². The monoisotopic (exact) mass is 359 g/mol. The Kier molecular flexibility index (Phi) is 7.32. The highest BCUT2D eigenvalue weighted by Crippen LogP contribution is 2.24. The van der Waals surface area contributed by atoms with E-state index in [1.54, 1.807) is 0 Å². The molecule has 0 saturated carbocycles. The molecule has 3 aliphatic heterocycles. The van der Waals surface area contributed by atoms with Crippen LogP contribution in [-0.2, 0) is 14.3 Å². The number of rotatable bonds is 4. The third kappa shape index (κ3) is 4.83. The molecule has 0 aromatic rings. The van der Waals surface area contributed by atoms with Crippen molar-refractivity contribution in [2.24, 2.45) is 0 Å². The van der Waals surface area contributed by atoms with Gasteiger partial charge in [0.25, 0.3) is 0 Å². The molecule has 0 aromatic carbocycles. The van der Waals surface area contributed by atoms with E-state index in [2.05, 4.69) is 12.2 Å². The summed E-state index contributed by atoms with van der Waals surface area (Å²) in [6.07, 6.45) is 6.18. The summed E-state index contributed by atoms with van der Waals surface area (Å²) >= 11 is 0. The lowest BCUT2D eigenvalue weighted by Crippen LogP contribution is -2.57. The van der Waals surface area contributed by atoms with Crippen LogP contribution in [0.15, 0.2) is 0 Å². The van der Waals surface area contributed by atoms with E-state index in [1.807, 2.05) is 9.80 Å². The van der Waals surface area contributed by atoms with Crippen molar-refractivity contribution in [2.75, 3.05) is 32.7 Å². The fraction of sp³-hybridized carbons (Fsp3) is 0.882. The van der Waals surface area contributed by atoms with Crippen molar-refractivity contribution in [3.8, 4) is 0 Å². The molecule has 1 N–H and O–H groups in total. The number of hydrogen-bond acceptors (Lipinski definition) is 4. The molecule has 0 radical (unpaired) electrons. The van der Waals surface area contributed by atoms with E-state index in [0.29, 0.717) is 25.6 Å². The summed E-state index contributed by atoms with van der Waals surface area (Å²) in [7, 11) is 0. The standard InChI is InChI=1S/C17H29N3O3.ClH/c1-13-4-5-15(23-13)6-7-16(21)19-9-2-3-14(12-19)20-10-8-18-11-17(20)22;/h13-15,18H,2-12H2,1H3;1H. The van der Waals surface area contributed by atoms with Gasteiger partial charge in [-0.1, -0.05) is 0 Å². The van der Waals surface area contributed by atoms with Crippen molar-refractivity contribution < 1.29 is 14.3 Å². The van der Waals surface area contributed by atoms with E-state index in [9.17, 15) is 9.59 Å². The minimum Gasteiger partial charge on any atom is -0.375 e. The number of piperazine rings is 1. The van der Waals surface area contributed by atoms with Gasteiger partial charge in [0.2, 0.25) is 11.8 Å². The second-order valence-electron chi connectivity index (χ2n) is 7.08. The molecule has 3 fully saturated rings. The Morgan fingerprint density at radius 1 is 1.29 bits per heavy atom. The molecule has 0 bridgehead atoms. The van der Waals surface area contributed by atoms with Gasteiger partial charge in [-0.3, -0.25) is 9.59 Å². The van der Waals surface area contributed by atoms with E-state index in [1.165, 1.54) is 0 Å². The molecule has 3 aliphatic rings. The molecule has 3 atom stereocenters. The highest BCUT2D eigenvalue weighted by molar-refractivity contribution is 5.85. The molecule has 7 heteroatoms. The molecular formula is C17H30ClN3O3. The third-order valence-corrected chi connectivity index (χ3v) is 5.32. The summed E-state index contributed by atoms with van der Waals surface area (Å²) in [5, 5.41) is 3.11. The number of amides is 2. The summed E-state index contributed by atoms with van der Waals surface area (Å²) in [6, 6.07) is 0.199. The van der Waals surface area contributed by atoms with E-state index >= 15 is 0 Å². The molecule has 138 valence electrons. The van der Waals surface area contributed by atoms with Crippen molar-refractivity contribution in [2.45, 2.75) is 63.7 Å². The molecule has 6 nitrogen and oxygen atoms in total. The Hall–Kier alpha value is -0.850. The van der Waals surface area contributed by atoms with E-state index in [-0.39, 0.29) is 36.4 Å². The first-order valence-corrected chi connectivity index (χ1v) is 9.07. The smallest absolute Gasteiger partial charge is 0.236 e. The highest BCUT2D eigenvalue weighted by Gasteiger charge is 2.32. The first-order valence-electron chi connectivity index (χ1n) is 9.07. The molecule has 2 amide bonds. The van der Waals surface area contributed by atoms with Gasteiger partial charge in [-0.25, -0.2) is 0 Å². The van der Waals surface area contributed by atoms with Crippen molar-refractivity contribution in [3.63, 3.8) is 0 Å². The first-order chi connectivity index (χ1) is 11.1. The minimum atomic E-state index is 0. The van der Waals surface area contributed by atoms with Gasteiger partial charge in [0, 0.05) is 38.6 Å². The number of carbonyl (C=O) groups is 2. The van der Waals surface area contributed by atoms with Crippen LogP contribution in [-0.4, -0.2) is 72.6 Å². The first kappa shape index (κ1) is 19.5. The van der Waals surface area contributed by atoms with E-state index < -0.39 is 0 Å². The highest BCUT2D eigenvalue weighted by atomic mass is 35.5. The van der Waals surface area contributed by atoms with Gasteiger partial charge in [-0.15, -0.1) is 12.4 Å². The van der Waals surface area contributed by atoms with Crippen LogP contribution < -0.4 is 5.32 Å². The van der Waals surface area contributed by atoms with E-state index in [4.69, 9.17) is 4.74 Å². The second-order valence-corrected chi connectivity index (χ2v) is 7.08. The number of piperidine rings is 1. The summed E-state index contributed by atoms with van der Waals surface area (Å²) in [6.45, 7) is 5.68. The Balaban J connectivity index is 0.00000208. The number of nitrogens with zero attached hydrogens (tertiary/aromatic N) is 2. The topological polar surface area (TPSA) is 61.9 Å². The molecule has 24 heavy (non-hydrogen) atoms. The summed E-state index contributed by atoms with van der Waals surface area (Å²) in [4.78, 5) is 28.5. The van der Waals surface area contributed by atoms with Crippen molar-refractivity contribution in [1.29, 1.82) is 0 Å². The maximum absolute atomic E-state index is 12.5. The average molecular weight is 360 g/mol. The van der Waals surface area contributed by atoms with Gasteiger partial charge in [-0.05, 0) is 39.0 Å². The number of carbonyl (C=O) groups excluding carboxylic acids is 2. The molecule has 0 aromatic heterocycles. The zero-order chi connectivity index (χ0) is 16.2. The van der Waals surface area contributed by atoms with Crippen LogP contribution in [0.25, 0.3) is 0 Å².